The van der Waals surface area contributed by atoms with Crippen molar-refractivity contribution in [3.05, 3.63) is 11.5 Å². The summed E-state index contributed by atoms with van der Waals surface area (Å²) < 4.78 is 0. The highest BCUT2D eigenvalue weighted by Gasteiger charge is 2.36. The third-order valence-electron chi connectivity index (χ3n) is 2.58. The summed E-state index contributed by atoms with van der Waals surface area (Å²) in [7, 11) is 0. The van der Waals surface area contributed by atoms with Crippen molar-refractivity contribution in [2.24, 2.45) is 5.92 Å². The normalized spacial score (nSPS) is 23.9. The molecule has 4 N–H and O–H groups in total. The van der Waals surface area contributed by atoms with E-state index in [1.807, 2.05) is 0 Å². The molecule has 5 nitrogen and oxygen atoms in total. The Labute approximate surface area is 92.7 Å². The number of hydrogen-bond donors (Lipinski definition) is 3. The van der Waals surface area contributed by atoms with E-state index in [9.17, 15) is 0 Å². The maximum atomic E-state index is 8.76. The van der Waals surface area contributed by atoms with Gasteiger partial charge in [0.1, 0.15) is 12.0 Å². The van der Waals surface area contributed by atoms with Gasteiger partial charge in [-0.2, -0.15) is 0 Å². The standard InChI is InChI=1S/C9H13ClN4O/c10-8-7(11)9(13-4-12-8)14-6-3-5(6)1-2-15/h4-6,15H,1-3,11H2,(H,12,13,14). The molecule has 0 bridgehead atoms. The monoisotopic (exact) mass is 228 g/mol. The van der Waals surface area contributed by atoms with Gasteiger partial charge in [-0.05, 0) is 18.8 Å². The molecule has 2 unspecified atom stereocenters. The second-order valence-corrected chi connectivity index (χ2v) is 4.04. The fourth-order valence-electron chi connectivity index (χ4n) is 1.57. The molecule has 1 aromatic heterocycles. The predicted octanol–water partition coefficient (Wildman–Crippen LogP) is 0.895. The number of aliphatic hydroxyl groups is 1. The SMILES string of the molecule is Nc1c(Cl)ncnc1NC1CC1CCO. The van der Waals surface area contributed by atoms with Crippen LogP contribution in [0, 0.1) is 5.92 Å². The maximum Gasteiger partial charge on any atom is 0.157 e. The Balaban J connectivity index is 1.98. The van der Waals surface area contributed by atoms with Gasteiger partial charge < -0.3 is 16.2 Å². The minimum Gasteiger partial charge on any atom is -0.396 e. The molecule has 1 saturated carbocycles. The fourth-order valence-corrected chi connectivity index (χ4v) is 1.71. The van der Waals surface area contributed by atoms with Crippen LogP contribution in [0.15, 0.2) is 6.33 Å². The van der Waals surface area contributed by atoms with E-state index in [-0.39, 0.29) is 11.8 Å². The Kier molecular flexibility index (Phi) is 2.93. The van der Waals surface area contributed by atoms with E-state index in [2.05, 4.69) is 15.3 Å². The lowest BCUT2D eigenvalue weighted by molar-refractivity contribution is 0.279. The Morgan fingerprint density at radius 1 is 1.60 bits per heavy atom. The van der Waals surface area contributed by atoms with Gasteiger partial charge in [-0.25, -0.2) is 9.97 Å². The van der Waals surface area contributed by atoms with Gasteiger partial charge in [0.2, 0.25) is 0 Å². The molecule has 6 heteroatoms. The van der Waals surface area contributed by atoms with Crippen LogP contribution in [0.5, 0.6) is 0 Å². The Morgan fingerprint density at radius 3 is 3.13 bits per heavy atom. The summed E-state index contributed by atoms with van der Waals surface area (Å²) >= 11 is 5.76. The first-order chi connectivity index (χ1) is 7.22. The second kappa shape index (κ2) is 4.20. The van der Waals surface area contributed by atoms with Gasteiger partial charge in [0.15, 0.2) is 11.0 Å². The third kappa shape index (κ3) is 2.30. The third-order valence-corrected chi connectivity index (χ3v) is 2.88. The van der Waals surface area contributed by atoms with Gasteiger partial charge in [-0.3, -0.25) is 0 Å². The van der Waals surface area contributed by atoms with Crippen LogP contribution in [0.2, 0.25) is 5.15 Å². The van der Waals surface area contributed by atoms with Crippen molar-refractivity contribution in [2.45, 2.75) is 18.9 Å². The minimum atomic E-state index is 0.225. The number of aromatic nitrogens is 2. The van der Waals surface area contributed by atoms with Crippen molar-refractivity contribution in [2.75, 3.05) is 17.7 Å². The van der Waals surface area contributed by atoms with Gasteiger partial charge in [0.05, 0.1) is 0 Å². The molecule has 2 atom stereocenters. The Hall–Kier alpha value is -1.07. The van der Waals surface area contributed by atoms with Crippen LogP contribution in [0.25, 0.3) is 0 Å². The molecule has 0 spiro atoms. The van der Waals surface area contributed by atoms with Crippen LogP contribution in [0.1, 0.15) is 12.8 Å². The van der Waals surface area contributed by atoms with Crippen molar-refractivity contribution in [1.29, 1.82) is 0 Å². The van der Waals surface area contributed by atoms with E-state index in [1.54, 1.807) is 0 Å². The largest absolute Gasteiger partial charge is 0.396 e. The Morgan fingerprint density at radius 2 is 2.40 bits per heavy atom. The topological polar surface area (TPSA) is 84.1 Å². The number of halogens is 1. The average molecular weight is 229 g/mol. The Bertz CT molecular complexity index is 360. The van der Waals surface area contributed by atoms with E-state index in [0.717, 1.165) is 12.8 Å². The average Bonchev–Trinajstić information content (AvgIpc) is 2.93. The summed E-state index contributed by atoms with van der Waals surface area (Å²) in [5.74, 6) is 1.10. The summed E-state index contributed by atoms with van der Waals surface area (Å²) in [6.07, 6.45) is 3.24. The quantitative estimate of drug-likeness (QED) is 0.667. The number of nitrogens with one attached hydrogen (secondary N) is 1. The van der Waals surface area contributed by atoms with E-state index in [1.165, 1.54) is 6.33 Å². The molecule has 0 aliphatic heterocycles. The number of anilines is 2. The molecule has 1 heterocycles. The lowest BCUT2D eigenvalue weighted by atomic mass is 10.3. The summed E-state index contributed by atoms with van der Waals surface area (Å²) in [5, 5.41) is 12.2. The highest BCUT2D eigenvalue weighted by molar-refractivity contribution is 6.32. The van der Waals surface area contributed by atoms with Crippen LogP contribution in [-0.2, 0) is 0 Å². The molecule has 1 aromatic rings. The zero-order valence-corrected chi connectivity index (χ0v) is 8.91. The summed E-state index contributed by atoms with van der Waals surface area (Å²) in [6, 6.07) is 0.352. The number of nitrogen functional groups attached to an aromatic ring is 1. The number of rotatable bonds is 4. The van der Waals surface area contributed by atoms with Crippen molar-refractivity contribution in [3.63, 3.8) is 0 Å². The van der Waals surface area contributed by atoms with Crippen molar-refractivity contribution in [1.82, 2.24) is 9.97 Å². The number of nitrogens with zero attached hydrogens (tertiary/aromatic N) is 2. The number of aliphatic hydroxyl groups excluding tert-OH is 1. The molecule has 1 fully saturated rings. The van der Waals surface area contributed by atoms with Gasteiger partial charge in [0.25, 0.3) is 0 Å². The smallest absolute Gasteiger partial charge is 0.157 e. The number of nitrogens with two attached hydrogens (primary N) is 1. The van der Waals surface area contributed by atoms with Crippen molar-refractivity contribution >= 4 is 23.1 Å². The first-order valence-corrected chi connectivity index (χ1v) is 5.23. The van der Waals surface area contributed by atoms with E-state index < -0.39 is 0 Å². The van der Waals surface area contributed by atoms with E-state index in [4.69, 9.17) is 22.4 Å². The molecule has 1 aliphatic rings. The first-order valence-electron chi connectivity index (χ1n) is 4.85. The van der Waals surface area contributed by atoms with Crippen LogP contribution in [-0.4, -0.2) is 27.7 Å². The highest BCUT2D eigenvalue weighted by atomic mass is 35.5. The van der Waals surface area contributed by atoms with Gasteiger partial charge in [0, 0.05) is 12.6 Å². The molecule has 0 radical (unpaired) electrons. The molecule has 2 rings (SSSR count). The molecule has 0 amide bonds. The summed E-state index contributed by atoms with van der Waals surface area (Å²) in [4.78, 5) is 7.79. The molecule has 1 aliphatic carbocycles. The molecular weight excluding hydrogens is 216 g/mol. The number of hydrogen-bond acceptors (Lipinski definition) is 5. The lowest BCUT2D eigenvalue weighted by Gasteiger charge is -2.07. The van der Waals surface area contributed by atoms with Crippen LogP contribution >= 0.6 is 11.6 Å². The fraction of sp³-hybridized carbons (Fsp3) is 0.556. The van der Waals surface area contributed by atoms with Crippen LogP contribution in [0.3, 0.4) is 0 Å². The molecular formula is C9H13ClN4O. The zero-order chi connectivity index (χ0) is 10.8. The molecule has 82 valence electrons. The van der Waals surface area contributed by atoms with Crippen LogP contribution in [0.4, 0.5) is 11.5 Å². The molecule has 15 heavy (non-hydrogen) atoms. The van der Waals surface area contributed by atoms with Gasteiger partial charge in [-0.15, -0.1) is 0 Å². The van der Waals surface area contributed by atoms with Crippen LogP contribution < -0.4 is 11.1 Å². The zero-order valence-electron chi connectivity index (χ0n) is 8.15. The lowest BCUT2D eigenvalue weighted by Crippen LogP contribution is -2.09. The highest BCUT2D eigenvalue weighted by Crippen LogP contribution is 2.37. The maximum absolute atomic E-state index is 8.76. The second-order valence-electron chi connectivity index (χ2n) is 3.69. The predicted molar refractivity (Wildman–Crippen MR) is 58.7 cm³/mol. The van der Waals surface area contributed by atoms with E-state index >= 15 is 0 Å². The minimum absolute atomic E-state index is 0.225. The molecule has 0 aromatic carbocycles. The van der Waals surface area contributed by atoms with Crippen molar-refractivity contribution in [3.8, 4) is 0 Å². The van der Waals surface area contributed by atoms with Gasteiger partial charge in [-0.1, -0.05) is 11.6 Å². The first kappa shape index (κ1) is 10.4. The summed E-state index contributed by atoms with van der Waals surface area (Å²) in [6.45, 7) is 0.225. The summed E-state index contributed by atoms with van der Waals surface area (Å²) in [5.41, 5.74) is 6.09. The van der Waals surface area contributed by atoms with Crippen molar-refractivity contribution < 1.29 is 5.11 Å². The van der Waals surface area contributed by atoms with Gasteiger partial charge >= 0.3 is 0 Å². The van der Waals surface area contributed by atoms with E-state index in [0.29, 0.717) is 23.5 Å². The molecule has 0 saturated heterocycles.